The van der Waals surface area contributed by atoms with Gasteiger partial charge in [0, 0.05) is 13.5 Å². The molecule has 0 unspecified atom stereocenters. The molecule has 1 N–H and O–H groups in total. The van der Waals surface area contributed by atoms with E-state index in [2.05, 4.69) is 35.8 Å². The zero-order chi connectivity index (χ0) is 13.9. The lowest BCUT2D eigenvalue weighted by Crippen LogP contribution is -2.19. The van der Waals surface area contributed by atoms with Gasteiger partial charge in [-0.15, -0.1) is 0 Å². The second-order valence-electron chi connectivity index (χ2n) is 5.16. The molecule has 1 rings (SSSR count). The maximum atomic E-state index is 11.5. The van der Waals surface area contributed by atoms with E-state index in [4.69, 9.17) is 0 Å². The van der Waals surface area contributed by atoms with Crippen molar-refractivity contribution in [2.24, 2.45) is 5.41 Å². The Bertz CT molecular complexity index is 460. The summed E-state index contributed by atoms with van der Waals surface area (Å²) in [5, 5.41) is 3.69. The third-order valence-electron chi connectivity index (χ3n) is 2.10. The van der Waals surface area contributed by atoms with E-state index in [1.165, 1.54) is 25.4 Å². The van der Waals surface area contributed by atoms with Crippen LogP contribution >= 0.6 is 11.3 Å². The SMILES string of the molecule is COC(=O)c1nc(NCC(C)(C)C)sc1C(C)=O. The van der Waals surface area contributed by atoms with Crippen LogP contribution in [-0.4, -0.2) is 30.4 Å². The van der Waals surface area contributed by atoms with E-state index in [0.29, 0.717) is 16.6 Å². The third kappa shape index (κ3) is 3.80. The van der Waals surface area contributed by atoms with Crippen LogP contribution in [0.2, 0.25) is 0 Å². The molecule has 0 aromatic carbocycles. The number of nitrogens with one attached hydrogen (secondary N) is 1. The Morgan fingerprint density at radius 3 is 2.44 bits per heavy atom. The average Bonchev–Trinajstić information content (AvgIpc) is 2.68. The van der Waals surface area contributed by atoms with Crippen molar-refractivity contribution in [3.63, 3.8) is 0 Å². The van der Waals surface area contributed by atoms with E-state index in [1.807, 2.05) is 0 Å². The topological polar surface area (TPSA) is 68.3 Å². The molecule has 18 heavy (non-hydrogen) atoms. The number of Topliss-reactive ketones (excluding diaryl/α,β-unsaturated/α-hetero) is 1. The van der Waals surface area contributed by atoms with Gasteiger partial charge in [0.05, 0.1) is 7.11 Å². The van der Waals surface area contributed by atoms with Crippen LogP contribution in [0.5, 0.6) is 0 Å². The molecule has 0 saturated carbocycles. The number of nitrogens with zero attached hydrogens (tertiary/aromatic N) is 1. The molecule has 0 radical (unpaired) electrons. The Balaban J connectivity index is 2.96. The van der Waals surface area contributed by atoms with E-state index in [1.54, 1.807) is 0 Å². The van der Waals surface area contributed by atoms with Gasteiger partial charge in [-0.25, -0.2) is 9.78 Å². The van der Waals surface area contributed by atoms with Gasteiger partial charge in [-0.05, 0) is 5.41 Å². The number of thiazole rings is 1. The number of carbonyl (C=O) groups is 2. The summed E-state index contributed by atoms with van der Waals surface area (Å²) in [5.41, 5.74) is 0.180. The highest BCUT2D eigenvalue weighted by Crippen LogP contribution is 2.25. The lowest BCUT2D eigenvalue weighted by molar-refractivity contribution is 0.0591. The quantitative estimate of drug-likeness (QED) is 0.672. The summed E-state index contributed by atoms with van der Waals surface area (Å²) < 4.78 is 4.61. The molecular formula is C12H18N2O3S. The molecule has 0 fully saturated rings. The number of ether oxygens (including phenoxy) is 1. The van der Waals surface area contributed by atoms with Crippen molar-refractivity contribution in [3.8, 4) is 0 Å². The summed E-state index contributed by atoms with van der Waals surface area (Å²) >= 11 is 1.18. The van der Waals surface area contributed by atoms with Gasteiger partial charge in [-0.2, -0.15) is 0 Å². The lowest BCUT2D eigenvalue weighted by atomic mass is 9.97. The fourth-order valence-electron chi connectivity index (χ4n) is 1.21. The largest absolute Gasteiger partial charge is 0.464 e. The van der Waals surface area contributed by atoms with Crippen molar-refractivity contribution in [2.75, 3.05) is 19.0 Å². The fraction of sp³-hybridized carbons (Fsp3) is 0.583. The smallest absolute Gasteiger partial charge is 0.358 e. The van der Waals surface area contributed by atoms with E-state index >= 15 is 0 Å². The predicted molar refractivity (Wildman–Crippen MR) is 71.4 cm³/mol. The van der Waals surface area contributed by atoms with Gasteiger partial charge in [0.15, 0.2) is 16.6 Å². The van der Waals surface area contributed by atoms with Gasteiger partial charge in [-0.1, -0.05) is 32.1 Å². The summed E-state index contributed by atoms with van der Waals surface area (Å²) in [6, 6.07) is 0. The van der Waals surface area contributed by atoms with Crippen LogP contribution in [-0.2, 0) is 4.74 Å². The number of aromatic nitrogens is 1. The van der Waals surface area contributed by atoms with Gasteiger partial charge < -0.3 is 10.1 Å². The van der Waals surface area contributed by atoms with Crippen LogP contribution in [0.4, 0.5) is 5.13 Å². The molecule has 5 nitrogen and oxygen atoms in total. The number of ketones is 1. The van der Waals surface area contributed by atoms with Gasteiger partial charge in [-0.3, -0.25) is 4.79 Å². The zero-order valence-electron chi connectivity index (χ0n) is 11.3. The predicted octanol–water partition coefficient (Wildman–Crippen LogP) is 2.59. The van der Waals surface area contributed by atoms with Crippen LogP contribution in [0.25, 0.3) is 0 Å². The number of methoxy groups -OCH3 is 1. The minimum Gasteiger partial charge on any atom is -0.464 e. The zero-order valence-corrected chi connectivity index (χ0v) is 12.1. The molecule has 0 aliphatic carbocycles. The summed E-state index contributed by atoms with van der Waals surface area (Å²) in [6.07, 6.45) is 0. The van der Waals surface area contributed by atoms with E-state index in [0.717, 1.165) is 0 Å². The second-order valence-corrected chi connectivity index (χ2v) is 6.16. The highest BCUT2D eigenvalue weighted by atomic mass is 32.1. The molecule has 6 heteroatoms. The third-order valence-corrected chi connectivity index (χ3v) is 3.21. The van der Waals surface area contributed by atoms with Crippen molar-refractivity contribution in [1.29, 1.82) is 0 Å². The molecule has 0 atom stereocenters. The van der Waals surface area contributed by atoms with Gasteiger partial charge >= 0.3 is 5.97 Å². The summed E-state index contributed by atoms with van der Waals surface area (Å²) in [7, 11) is 1.27. The number of esters is 1. The maximum Gasteiger partial charge on any atom is 0.358 e. The first-order valence-corrected chi connectivity index (χ1v) is 6.40. The minimum absolute atomic E-state index is 0.0893. The van der Waals surface area contributed by atoms with Gasteiger partial charge in [0.25, 0.3) is 0 Å². The van der Waals surface area contributed by atoms with Crippen LogP contribution < -0.4 is 5.32 Å². The first-order chi connectivity index (χ1) is 8.24. The second kappa shape index (κ2) is 5.48. The first kappa shape index (κ1) is 14.6. The van der Waals surface area contributed by atoms with Crippen molar-refractivity contribution >= 4 is 28.2 Å². The highest BCUT2D eigenvalue weighted by molar-refractivity contribution is 7.17. The molecule has 0 spiro atoms. The molecule has 100 valence electrons. The molecule has 0 aliphatic heterocycles. The van der Waals surface area contributed by atoms with Crippen molar-refractivity contribution < 1.29 is 14.3 Å². The molecule has 1 heterocycles. The lowest BCUT2D eigenvalue weighted by Gasteiger charge is -2.17. The van der Waals surface area contributed by atoms with Crippen molar-refractivity contribution in [2.45, 2.75) is 27.7 Å². The molecule has 0 saturated heterocycles. The number of anilines is 1. The van der Waals surface area contributed by atoms with Crippen molar-refractivity contribution in [3.05, 3.63) is 10.6 Å². The highest BCUT2D eigenvalue weighted by Gasteiger charge is 2.22. The van der Waals surface area contributed by atoms with Gasteiger partial charge in [0.1, 0.15) is 4.88 Å². The monoisotopic (exact) mass is 270 g/mol. The average molecular weight is 270 g/mol. The molecule has 1 aromatic rings. The molecular weight excluding hydrogens is 252 g/mol. The minimum atomic E-state index is -0.583. The first-order valence-electron chi connectivity index (χ1n) is 5.58. The van der Waals surface area contributed by atoms with E-state index < -0.39 is 5.97 Å². The standard InChI is InChI=1S/C12H18N2O3S/c1-7(15)9-8(10(16)17-5)14-11(18-9)13-6-12(2,3)4/h6H2,1-5H3,(H,13,14). The van der Waals surface area contributed by atoms with Crippen LogP contribution in [0, 0.1) is 5.41 Å². The molecule has 0 aliphatic rings. The Labute approximate surface area is 111 Å². The Morgan fingerprint density at radius 1 is 1.39 bits per heavy atom. The Hall–Kier alpha value is -1.43. The summed E-state index contributed by atoms with van der Waals surface area (Å²) in [6.45, 7) is 8.37. The number of carbonyl (C=O) groups excluding carboxylic acids is 2. The van der Waals surface area contributed by atoms with E-state index in [-0.39, 0.29) is 16.9 Å². The fourth-order valence-corrected chi connectivity index (χ4v) is 2.05. The number of rotatable bonds is 4. The normalized spacial score (nSPS) is 11.2. The van der Waals surface area contributed by atoms with Crippen LogP contribution in [0.3, 0.4) is 0 Å². The van der Waals surface area contributed by atoms with E-state index in [9.17, 15) is 9.59 Å². The Morgan fingerprint density at radius 2 is 2.00 bits per heavy atom. The molecule has 1 aromatic heterocycles. The Kier molecular flexibility index (Phi) is 4.45. The van der Waals surface area contributed by atoms with Gasteiger partial charge in [0.2, 0.25) is 0 Å². The number of hydrogen-bond donors (Lipinski definition) is 1. The van der Waals surface area contributed by atoms with Crippen LogP contribution in [0.1, 0.15) is 47.9 Å². The molecule has 0 amide bonds. The van der Waals surface area contributed by atoms with Crippen molar-refractivity contribution in [1.82, 2.24) is 4.98 Å². The summed E-state index contributed by atoms with van der Waals surface area (Å²) in [4.78, 5) is 27.4. The maximum absolute atomic E-state index is 11.5. The van der Waals surface area contributed by atoms with Crippen LogP contribution in [0.15, 0.2) is 0 Å². The molecule has 0 bridgehead atoms. The number of hydrogen-bond acceptors (Lipinski definition) is 6. The summed E-state index contributed by atoms with van der Waals surface area (Å²) in [5.74, 6) is -0.767.